The second-order valence-electron chi connectivity index (χ2n) is 12.2. The molecule has 5 rings (SSSR count). The summed E-state index contributed by atoms with van der Waals surface area (Å²) in [5.41, 5.74) is -0.286. The molecule has 43 heavy (non-hydrogen) atoms. The van der Waals surface area contributed by atoms with Crippen molar-refractivity contribution in [3.8, 4) is 0 Å². The normalized spacial score (nSPS) is 29.7. The molecular formula is C34H40ClN3O5. The van der Waals surface area contributed by atoms with E-state index in [4.69, 9.17) is 16.3 Å². The number of rotatable bonds is 10. The molecule has 228 valence electrons. The number of carbonyl (C=O) groups excluding carboxylic acids is 3. The maximum atomic E-state index is 15.1. The Balaban J connectivity index is 1.72. The Hall–Kier alpha value is -3.46. The quantitative estimate of drug-likeness (QED) is 0.401. The van der Waals surface area contributed by atoms with Gasteiger partial charge >= 0.3 is 0 Å². The van der Waals surface area contributed by atoms with Gasteiger partial charge in [0.25, 0.3) is 5.91 Å². The summed E-state index contributed by atoms with van der Waals surface area (Å²) in [6, 6.07) is 12.6. The third-order valence-electron chi connectivity index (χ3n) is 9.76. The van der Waals surface area contributed by atoms with Gasteiger partial charge in [0.2, 0.25) is 11.8 Å². The molecule has 0 aliphatic carbocycles. The SMILES string of the molecule is C=CCN(C)C(=O)[C@@H]1[C@H]2C(=O)N([C@H](CO)c3ccccc3)C(C(=O)N(CC=C)c3c(C)cccc3Cl)C23CC(C)[C@@]1(C)O3. The summed E-state index contributed by atoms with van der Waals surface area (Å²) in [7, 11) is 1.68. The topological polar surface area (TPSA) is 90.4 Å². The Bertz CT molecular complexity index is 1430. The standard InChI is InChI=1S/C34H40ClN3O5/c1-7-17-36(6)30(40)26-27-31(41)38(25(20-39)23-14-10-9-11-15-23)29(34(27)19-22(4)33(26,5)43-34)32(42)37(18-8-2)28-21(3)13-12-16-24(28)35/h7-16,22,25-27,29,39H,1-2,17-20H2,3-6H3/t22?,25-,26+,27+,29?,33-,34?/m1/s1. The van der Waals surface area contributed by atoms with Crippen molar-refractivity contribution in [3.63, 3.8) is 0 Å². The molecule has 3 aliphatic rings. The van der Waals surface area contributed by atoms with E-state index in [9.17, 15) is 14.7 Å². The molecule has 3 heterocycles. The molecule has 8 nitrogen and oxygen atoms in total. The van der Waals surface area contributed by atoms with Crippen LogP contribution in [0.2, 0.25) is 5.02 Å². The van der Waals surface area contributed by atoms with Crippen molar-refractivity contribution in [1.29, 1.82) is 0 Å². The zero-order chi connectivity index (χ0) is 31.3. The fraction of sp³-hybridized carbons (Fsp3) is 0.441. The summed E-state index contributed by atoms with van der Waals surface area (Å²) in [5.74, 6) is -2.87. The molecule has 0 aromatic heterocycles. The van der Waals surface area contributed by atoms with Crippen molar-refractivity contribution in [2.45, 2.75) is 50.5 Å². The third-order valence-corrected chi connectivity index (χ3v) is 10.1. The third kappa shape index (κ3) is 4.62. The first-order chi connectivity index (χ1) is 20.5. The number of likely N-dealkylation sites (tertiary alicyclic amines) is 1. The summed E-state index contributed by atoms with van der Waals surface area (Å²) in [6.07, 6.45) is 3.65. The van der Waals surface area contributed by atoms with Crippen LogP contribution < -0.4 is 4.90 Å². The molecule has 0 saturated carbocycles. The summed E-state index contributed by atoms with van der Waals surface area (Å²) in [5, 5.41) is 11.2. The lowest BCUT2D eigenvalue weighted by Crippen LogP contribution is -2.57. The van der Waals surface area contributed by atoms with Crippen LogP contribution in [-0.4, -0.2) is 76.6 Å². The van der Waals surface area contributed by atoms with Crippen molar-refractivity contribution < 1.29 is 24.2 Å². The van der Waals surface area contributed by atoms with Crippen LogP contribution in [-0.2, 0) is 19.1 Å². The van der Waals surface area contributed by atoms with Gasteiger partial charge in [-0.15, -0.1) is 13.2 Å². The Labute approximate surface area is 258 Å². The first-order valence-electron chi connectivity index (χ1n) is 14.7. The van der Waals surface area contributed by atoms with Crippen LogP contribution in [0.25, 0.3) is 0 Å². The number of nitrogens with zero attached hydrogens (tertiary/aromatic N) is 3. The van der Waals surface area contributed by atoms with Crippen LogP contribution in [0.5, 0.6) is 0 Å². The first-order valence-corrected chi connectivity index (χ1v) is 15.1. The summed E-state index contributed by atoms with van der Waals surface area (Å²) in [6.45, 7) is 13.4. The average molecular weight is 606 g/mol. The highest BCUT2D eigenvalue weighted by molar-refractivity contribution is 6.34. The van der Waals surface area contributed by atoms with Gasteiger partial charge in [-0.1, -0.05) is 73.1 Å². The molecule has 7 atom stereocenters. The number of aliphatic hydroxyl groups is 1. The number of anilines is 1. The Morgan fingerprint density at radius 2 is 1.81 bits per heavy atom. The number of hydrogen-bond acceptors (Lipinski definition) is 5. The zero-order valence-electron chi connectivity index (χ0n) is 25.2. The first kappa shape index (κ1) is 31.0. The van der Waals surface area contributed by atoms with Crippen molar-refractivity contribution in [2.75, 3.05) is 31.6 Å². The lowest BCUT2D eigenvalue weighted by atomic mass is 9.62. The summed E-state index contributed by atoms with van der Waals surface area (Å²) >= 11 is 6.69. The molecule has 9 heteroatoms. The van der Waals surface area contributed by atoms with E-state index in [1.807, 2.05) is 63.2 Å². The molecule has 2 aromatic carbocycles. The minimum absolute atomic E-state index is 0.128. The van der Waals surface area contributed by atoms with Gasteiger partial charge < -0.3 is 24.5 Å². The lowest BCUT2D eigenvalue weighted by Gasteiger charge is -2.40. The molecule has 3 fully saturated rings. The fourth-order valence-electron chi connectivity index (χ4n) is 7.75. The number of amides is 3. The second kappa shape index (κ2) is 11.6. The van der Waals surface area contributed by atoms with Gasteiger partial charge in [-0.3, -0.25) is 14.4 Å². The number of aliphatic hydroxyl groups excluding tert-OH is 1. The Morgan fingerprint density at radius 3 is 2.42 bits per heavy atom. The number of likely N-dealkylation sites (N-methyl/N-ethyl adjacent to an activating group) is 1. The highest BCUT2D eigenvalue weighted by Crippen LogP contribution is 2.66. The molecule has 3 unspecified atom stereocenters. The van der Waals surface area contributed by atoms with Gasteiger partial charge in [-0.25, -0.2) is 0 Å². The van der Waals surface area contributed by atoms with E-state index in [2.05, 4.69) is 13.2 Å². The second-order valence-corrected chi connectivity index (χ2v) is 12.6. The predicted octanol–water partition coefficient (Wildman–Crippen LogP) is 4.56. The van der Waals surface area contributed by atoms with Gasteiger partial charge in [-0.05, 0) is 43.4 Å². The Morgan fingerprint density at radius 1 is 1.14 bits per heavy atom. The molecule has 2 bridgehead atoms. The van der Waals surface area contributed by atoms with Gasteiger partial charge in [0, 0.05) is 20.1 Å². The number of benzene rings is 2. The van der Waals surface area contributed by atoms with Gasteiger partial charge in [0.15, 0.2) is 0 Å². The minimum Gasteiger partial charge on any atom is -0.394 e. The van der Waals surface area contributed by atoms with E-state index in [1.165, 1.54) is 4.90 Å². The molecule has 3 saturated heterocycles. The van der Waals surface area contributed by atoms with Crippen LogP contribution in [0, 0.1) is 24.7 Å². The number of aryl methyl sites for hydroxylation is 1. The van der Waals surface area contributed by atoms with E-state index >= 15 is 4.79 Å². The van der Waals surface area contributed by atoms with Gasteiger partial charge in [-0.2, -0.15) is 0 Å². The largest absolute Gasteiger partial charge is 0.394 e. The molecule has 0 radical (unpaired) electrons. The van der Waals surface area contributed by atoms with Crippen molar-refractivity contribution in [3.05, 3.63) is 90.0 Å². The van der Waals surface area contributed by atoms with E-state index in [-0.39, 0.29) is 24.3 Å². The monoisotopic (exact) mass is 605 g/mol. The number of fused-ring (bicyclic) bond motifs is 1. The van der Waals surface area contributed by atoms with E-state index in [0.29, 0.717) is 29.2 Å². The number of ether oxygens (including phenoxy) is 1. The molecule has 3 amide bonds. The number of carbonyl (C=O) groups is 3. The molecule has 2 aromatic rings. The van der Waals surface area contributed by atoms with Crippen LogP contribution >= 0.6 is 11.6 Å². The molecular weight excluding hydrogens is 566 g/mol. The van der Waals surface area contributed by atoms with E-state index in [0.717, 1.165) is 5.56 Å². The van der Waals surface area contributed by atoms with E-state index in [1.54, 1.807) is 35.1 Å². The van der Waals surface area contributed by atoms with Crippen LogP contribution in [0.3, 0.4) is 0 Å². The van der Waals surface area contributed by atoms with Gasteiger partial charge in [0.1, 0.15) is 11.6 Å². The maximum Gasteiger partial charge on any atom is 0.253 e. The minimum atomic E-state index is -1.30. The lowest BCUT2D eigenvalue weighted by molar-refractivity contribution is -0.153. The zero-order valence-corrected chi connectivity index (χ0v) is 26.0. The van der Waals surface area contributed by atoms with Crippen LogP contribution in [0.4, 0.5) is 5.69 Å². The molecule has 3 aliphatic heterocycles. The molecule has 1 spiro atoms. The Kier molecular flexibility index (Phi) is 8.33. The van der Waals surface area contributed by atoms with Gasteiger partial charge in [0.05, 0.1) is 40.8 Å². The maximum absolute atomic E-state index is 15.1. The van der Waals surface area contributed by atoms with Crippen molar-refractivity contribution >= 4 is 35.0 Å². The van der Waals surface area contributed by atoms with Crippen molar-refractivity contribution in [2.24, 2.45) is 17.8 Å². The highest BCUT2D eigenvalue weighted by Gasteiger charge is 2.80. The average Bonchev–Trinajstić information content (AvgIpc) is 3.49. The fourth-order valence-corrected chi connectivity index (χ4v) is 8.08. The van der Waals surface area contributed by atoms with Crippen molar-refractivity contribution in [1.82, 2.24) is 9.80 Å². The highest BCUT2D eigenvalue weighted by atomic mass is 35.5. The number of para-hydroxylation sites is 1. The number of halogens is 1. The van der Waals surface area contributed by atoms with E-state index < -0.39 is 47.6 Å². The summed E-state index contributed by atoms with van der Waals surface area (Å²) in [4.78, 5) is 48.5. The van der Waals surface area contributed by atoms with Crippen LogP contribution in [0.1, 0.15) is 37.4 Å². The van der Waals surface area contributed by atoms with Crippen LogP contribution in [0.15, 0.2) is 73.8 Å². The molecule has 1 N–H and O–H groups in total. The predicted molar refractivity (Wildman–Crippen MR) is 166 cm³/mol. The smallest absolute Gasteiger partial charge is 0.253 e. The summed E-state index contributed by atoms with van der Waals surface area (Å²) < 4.78 is 6.91. The number of hydrogen-bond donors (Lipinski definition) is 1.